The fourth-order valence-electron chi connectivity index (χ4n) is 3.94. The molecule has 2 heterocycles. The lowest BCUT2D eigenvalue weighted by Crippen LogP contribution is -2.07. The molecule has 170 valence electrons. The van der Waals surface area contributed by atoms with Gasteiger partial charge in [0, 0.05) is 24.7 Å². The molecule has 0 bridgehead atoms. The van der Waals surface area contributed by atoms with Crippen LogP contribution in [0.25, 0.3) is 16.9 Å². The van der Waals surface area contributed by atoms with Gasteiger partial charge in [-0.2, -0.15) is 0 Å². The van der Waals surface area contributed by atoms with Gasteiger partial charge in [0.15, 0.2) is 0 Å². The first kappa shape index (κ1) is 22.6. The lowest BCUT2D eigenvalue weighted by molar-refractivity contribution is -0.134. The van der Waals surface area contributed by atoms with Crippen LogP contribution in [0.15, 0.2) is 72.9 Å². The zero-order valence-corrected chi connectivity index (χ0v) is 19.4. The number of carbonyl (C=O) groups excluding carboxylic acids is 1. The lowest BCUT2D eigenvalue weighted by Gasteiger charge is -2.10. The van der Waals surface area contributed by atoms with Gasteiger partial charge in [-0.15, -0.1) is 0 Å². The quantitative estimate of drug-likeness (QED) is 0.167. The van der Waals surface area contributed by atoms with Gasteiger partial charge in [0.2, 0.25) is 0 Å². The molecular formula is C28H31N3O2. The van der Waals surface area contributed by atoms with Gasteiger partial charge in [-0.25, -0.2) is 4.98 Å². The summed E-state index contributed by atoms with van der Waals surface area (Å²) in [7, 11) is 0. The maximum Gasteiger partial charge on any atom is 0.311 e. The van der Waals surface area contributed by atoms with E-state index in [1.165, 1.54) is 5.56 Å². The van der Waals surface area contributed by atoms with Crippen molar-refractivity contribution < 1.29 is 9.53 Å². The Kier molecular flexibility index (Phi) is 7.40. The molecule has 0 atom stereocenters. The predicted octanol–water partition coefficient (Wildman–Crippen LogP) is 6.80. The minimum absolute atomic E-state index is 0.184. The molecule has 1 N–H and O–H groups in total. The SMILES string of the molecule is CCCCCCC(=O)Oc1cccc(-c2nc3c(C)cccn3c2NCc2ccccc2)c1. The molecule has 0 unspecified atom stereocenters. The van der Waals surface area contributed by atoms with Crippen LogP contribution >= 0.6 is 0 Å². The molecule has 4 rings (SSSR count). The van der Waals surface area contributed by atoms with Gasteiger partial charge in [0.1, 0.15) is 22.9 Å². The number of hydrogen-bond donors (Lipinski definition) is 1. The van der Waals surface area contributed by atoms with Crippen molar-refractivity contribution in [1.29, 1.82) is 0 Å². The fraction of sp³-hybridized carbons (Fsp3) is 0.286. The number of imidazole rings is 1. The van der Waals surface area contributed by atoms with E-state index in [1.807, 2.05) is 54.7 Å². The minimum Gasteiger partial charge on any atom is -0.427 e. The summed E-state index contributed by atoms with van der Waals surface area (Å²) in [5, 5.41) is 3.57. The monoisotopic (exact) mass is 441 g/mol. The van der Waals surface area contributed by atoms with Gasteiger partial charge >= 0.3 is 5.97 Å². The molecule has 33 heavy (non-hydrogen) atoms. The molecule has 0 saturated heterocycles. The van der Waals surface area contributed by atoms with Crippen molar-refractivity contribution in [2.45, 2.75) is 52.5 Å². The van der Waals surface area contributed by atoms with E-state index in [9.17, 15) is 4.79 Å². The molecule has 0 fully saturated rings. The van der Waals surface area contributed by atoms with Crippen LogP contribution in [0.2, 0.25) is 0 Å². The molecule has 0 radical (unpaired) electrons. The third kappa shape index (κ3) is 5.61. The Morgan fingerprint density at radius 1 is 1.00 bits per heavy atom. The molecule has 0 aliphatic heterocycles. The maximum atomic E-state index is 12.3. The number of benzene rings is 2. The first-order valence-corrected chi connectivity index (χ1v) is 11.7. The Morgan fingerprint density at radius 3 is 2.67 bits per heavy atom. The molecule has 5 heteroatoms. The number of unbranched alkanes of at least 4 members (excludes halogenated alkanes) is 3. The number of ether oxygens (including phenoxy) is 1. The summed E-state index contributed by atoms with van der Waals surface area (Å²) in [6.07, 6.45) is 6.69. The largest absolute Gasteiger partial charge is 0.427 e. The van der Waals surface area contributed by atoms with E-state index in [-0.39, 0.29) is 5.97 Å². The van der Waals surface area contributed by atoms with E-state index in [0.717, 1.165) is 54.0 Å². The van der Waals surface area contributed by atoms with Crippen LogP contribution in [0.5, 0.6) is 5.75 Å². The van der Waals surface area contributed by atoms with Crippen LogP contribution in [-0.4, -0.2) is 15.4 Å². The number of aryl methyl sites for hydroxylation is 1. The van der Waals surface area contributed by atoms with Gasteiger partial charge in [0.25, 0.3) is 0 Å². The maximum absolute atomic E-state index is 12.3. The minimum atomic E-state index is -0.184. The summed E-state index contributed by atoms with van der Waals surface area (Å²) >= 11 is 0. The number of carbonyl (C=O) groups is 1. The van der Waals surface area contributed by atoms with Crippen LogP contribution in [-0.2, 0) is 11.3 Å². The molecule has 4 aromatic rings. The van der Waals surface area contributed by atoms with Crippen molar-refractivity contribution in [2.75, 3.05) is 5.32 Å². The Bertz CT molecular complexity index is 1210. The van der Waals surface area contributed by atoms with Gasteiger partial charge in [0.05, 0.1) is 0 Å². The summed E-state index contributed by atoms with van der Waals surface area (Å²) in [6.45, 7) is 4.90. The summed E-state index contributed by atoms with van der Waals surface area (Å²) in [5.74, 6) is 1.29. The van der Waals surface area contributed by atoms with Crippen LogP contribution in [0.3, 0.4) is 0 Å². The van der Waals surface area contributed by atoms with Crippen molar-refractivity contribution in [2.24, 2.45) is 0 Å². The Morgan fingerprint density at radius 2 is 1.85 bits per heavy atom. The second kappa shape index (κ2) is 10.8. The normalized spacial score (nSPS) is 11.0. The lowest BCUT2D eigenvalue weighted by atomic mass is 10.1. The zero-order chi connectivity index (χ0) is 23.0. The van der Waals surface area contributed by atoms with E-state index in [1.54, 1.807) is 0 Å². The third-order valence-corrected chi connectivity index (χ3v) is 5.72. The smallest absolute Gasteiger partial charge is 0.311 e. The summed E-state index contributed by atoms with van der Waals surface area (Å²) in [6, 6.07) is 22.0. The zero-order valence-electron chi connectivity index (χ0n) is 19.4. The fourth-order valence-corrected chi connectivity index (χ4v) is 3.94. The summed E-state index contributed by atoms with van der Waals surface area (Å²) in [4.78, 5) is 17.2. The number of rotatable bonds is 10. The number of nitrogens with one attached hydrogen (secondary N) is 1. The van der Waals surface area contributed by atoms with E-state index >= 15 is 0 Å². The molecule has 0 aliphatic rings. The molecule has 0 aliphatic carbocycles. The average Bonchev–Trinajstić information content (AvgIpc) is 3.21. The van der Waals surface area contributed by atoms with E-state index in [2.05, 4.69) is 41.8 Å². The number of fused-ring (bicyclic) bond motifs is 1. The Hall–Kier alpha value is -3.60. The van der Waals surface area contributed by atoms with E-state index in [0.29, 0.717) is 18.7 Å². The number of pyridine rings is 1. The topological polar surface area (TPSA) is 55.6 Å². The number of aromatic nitrogens is 2. The Balaban J connectivity index is 1.60. The van der Waals surface area contributed by atoms with Crippen LogP contribution in [0.4, 0.5) is 5.82 Å². The highest BCUT2D eigenvalue weighted by Crippen LogP contribution is 2.32. The number of hydrogen-bond acceptors (Lipinski definition) is 4. The number of anilines is 1. The van der Waals surface area contributed by atoms with Crippen molar-refractivity contribution in [3.63, 3.8) is 0 Å². The van der Waals surface area contributed by atoms with Gasteiger partial charge in [-0.3, -0.25) is 9.20 Å². The highest BCUT2D eigenvalue weighted by molar-refractivity contribution is 5.79. The molecule has 0 amide bonds. The van der Waals surface area contributed by atoms with Gasteiger partial charge in [-0.05, 0) is 42.7 Å². The predicted molar refractivity (Wildman–Crippen MR) is 134 cm³/mol. The van der Waals surface area contributed by atoms with Crippen LogP contribution in [0, 0.1) is 6.92 Å². The molecule has 2 aromatic heterocycles. The molecule has 0 saturated carbocycles. The Labute approximate surface area is 195 Å². The summed E-state index contributed by atoms with van der Waals surface area (Å²) in [5.41, 5.74) is 4.94. The third-order valence-electron chi connectivity index (χ3n) is 5.72. The average molecular weight is 442 g/mol. The second-order valence-corrected chi connectivity index (χ2v) is 8.35. The molecular weight excluding hydrogens is 410 g/mol. The standard InChI is InChI=1S/C28H31N3O2/c1-3-4-5-9-17-25(32)33-24-16-10-15-23(19-24)26-28(29-20-22-13-7-6-8-14-22)31-18-11-12-21(2)27(31)30-26/h6-8,10-16,18-19,29H,3-5,9,17,20H2,1-2H3. The van der Waals surface area contributed by atoms with E-state index in [4.69, 9.17) is 9.72 Å². The highest BCUT2D eigenvalue weighted by atomic mass is 16.5. The van der Waals surface area contributed by atoms with Crippen molar-refractivity contribution in [3.05, 3.63) is 84.1 Å². The second-order valence-electron chi connectivity index (χ2n) is 8.35. The molecule has 5 nitrogen and oxygen atoms in total. The summed E-state index contributed by atoms with van der Waals surface area (Å²) < 4.78 is 7.71. The van der Waals surface area contributed by atoms with E-state index < -0.39 is 0 Å². The number of esters is 1. The van der Waals surface area contributed by atoms with Gasteiger partial charge in [-0.1, -0.05) is 74.7 Å². The highest BCUT2D eigenvalue weighted by Gasteiger charge is 2.16. The van der Waals surface area contributed by atoms with Crippen molar-refractivity contribution in [1.82, 2.24) is 9.38 Å². The van der Waals surface area contributed by atoms with Crippen molar-refractivity contribution >= 4 is 17.4 Å². The van der Waals surface area contributed by atoms with Crippen LogP contribution in [0.1, 0.15) is 50.2 Å². The molecule has 0 spiro atoms. The van der Waals surface area contributed by atoms with Crippen molar-refractivity contribution in [3.8, 4) is 17.0 Å². The number of nitrogens with zero attached hydrogens (tertiary/aromatic N) is 2. The van der Waals surface area contributed by atoms with Crippen LogP contribution < -0.4 is 10.1 Å². The van der Waals surface area contributed by atoms with Gasteiger partial charge < -0.3 is 10.1 Å². The first-order chi connectivity index (χ1) is 16.2. The first-order valence-electron chi connectivity index (χ1n) is 11.7. The molecule has 2 aromatic carbocycles.